The van der Waals surface area contributed by atoms with Crippen LogP contribution in [0.3, 0.4) is 0 Å². The molecule has 0 aliphatic heterocycles. The van der Waals surface area contributed by atoms with Gasteiger partial charge >= 0.3 is 6.18 Å². The monoisotopic (exact) mass is 542 g/mol. The number of hydrogen-bond donors (Lipinski definition) is 2. The predicted octanol–water partition coefficient (Wildman–Crippen LogP) is 7.16. The Bertz CT molecular complexity index is 997. The fraction of sp³-hybridized carbons (Fsp3) is 0.273. The average molecular weight is 542 g/mol. The number of ether oxygens (including phenoxy) is 1. The summed E-state index contributed by atoms with van der Waals surface area (Å²) in [5, 5.41) is 5.69. The maximum atomic E-state index is 13.5. The number of unbranched alkanes of at least 4 members (excludes halogenated alkanes) is 2. The van der Waals surface area contributed by atoms with Crippen LogP contribution < -0.4 is 15.4 Å². The second-order valence-corrected chi connectivity index (χ2v) is 8.04. The Hall–Kier alpha value is -2.56. The van der Waals surface area contributed by atoms with Gasteiger partial charge in [-0.15, -0.1) is 0 Å². The number of aromatic nitrogens is 2. The largest absolute Gasteiger partial charge is 0.494 e. The fourth-order valence-electron chi connectivity index (χ4n) is 2.75. The Balaban J connectivity index is 1.82. The van der Waals surface area contributed by atoms with Crippen molar-refractivity contribution in [3.8, 4) is 5.75 Å². The van der Waals surface area contributed by atoms with E-state index in [1.165, 1.54) is 0 Å². The molecule has 0 aliphatic rings. The molecule has 0 amide bonds. The van der Waals surface area contributed by atoms with Gasteiger partial charge in [0.05, 0.1) is 6.61 Å². The van der Waals surface area contributed by atoms with Gasteiger partial charge in [-0.2, -0.15) is 18.2 Å². The molecule has 1 aromatic heterocycles. The summed E-state index contributed by atoms with van der Waals surface area (Å²) >= 11 is 2.17. The molecule has 0 fully saturated rings. The van der Waals surface area contributed by atoms with Crippen molar-refractivity contribution in [3.05, 3.63) is 63.9 Å². The molecule has 0 spiro atoms. The smallest absolute Gasteiger partial charge is 0.421 e. The minimum absolute atomic E-state index is 0.0590. The van der Waals surface area contributed by atoms with Crippen molar-refractivity contribution in [1.29, 1.82) is 0 Å². The van der Waals surface area contributed by atoms with E-state index in [0.29, 0.717) is 23.7 Å². The first-order valence-electron chi connectivity index (χ1n) is 9.82. The molecular weight excluding hydrogens is 520 g/mol. The number of benzene rings is 2. The molecular formula is C22H22F3IN4O. The van der Waals surface area contributed by atoms with Gasteiger partial charge in [0.15, 0.2) is 0 Å². The third-order valence-corrected chi connectivity index (χ3v) is 5.03. The zero-order chi connectivity index (χ0) is 22.3. The van der Waals surface area contributed by atoms with Gasteiger partial charge in [0, 0.05) is 27.2 Å². The number of alkyl halides is 3. The molecule has 0 atom stereocenters. The van der Waals surface area contributed by atoms with E-state index in [9.17, 15) is 13.2 Å². The first kappa shape index (κ1) is 23.1. The zero-order valence-corrected chi connectivity index (χ0v) is 19.0. The van der Waals surface area contributed by atoms with Crippen LogP contribution in [0.4, 0.5) is 36.3 Å². The van der Waals surface area contributed by atoms with E-state index in [4.69, 9.17) is 4.74 Å². The first-order valence-corrected chi connectivity index (χ1v) is 10.9. The third-order valence-electron chi connectivity index (χ3n) is 4.31. The van der Waals surface area contributed by atoms with E-state index in [1.807, 2.05) is 12.1 Å². The highest BCUT2D eigenvalue weighted by molar-refractivity contribution is 14.1. The van der Waals surface area contributed by atoms with Crippen molar-refractivity contribution in [3.63, 3.8) is 0 Å². The summed E-state index contributed by atoms with van der Waals surface area (Å²) < 4.78 is 47.2. The minimum atomic E-state index is -4.60. The number of hydrogen-bond acceptors (Lipinski definition) is 5. The first-order chi connectivity index (χ1) is 14.8. The molecule has 0 aliphatic carbocycles. The van der Waals surface area contributed by atoms with Crippen LogP contribution in [-0.4, -0.2) is 16.6 Å². The lowest BCUT2D eigenvalue weighted by atomic mass is 10.2. The van der Waals surface area contributed by atoms with Crippen molar-refractivity contribution in [2.45, 2.75) is 32.4 Å². The van der Waals surface area contributed by atoms with Crippen molar-refractivity contribution < 1.29 is 17.9 Å². The van der Waals surface area contributed by atoms with Gasteiger partial charge in [-0.25, -0.2) is 4.98 Å². The predicted molar refractivity (Wildman–Crippen MR) is 124 cm³/mol. The van der Waals surface area contributed by atoms with E-state index in [1.54, 1.807) is 36.4 Å². The standard InChI is InChI=1S/C22H22F3IN4O/c1-2-3-4-12-31-18-7-5-6-17(13-18)28-20-19(22(23,24)25)14-27-21(30-20)29-16-10-8-15(26)9-11-16/h5-11,13-14H,2-4,12H2,1H3,(H2,27,28,29,30). The van der Waals surface area contributed by atoms with Gasteiger partial charge in [0.1, 0.15) is 17.1 Å². The Morgan fingerprint density at radius 3 is 2.48 bits per heavy atom. The van der Waals surface area contributed by atoms with Crippen LogP contribution in [0.1, 0.15) is 31.7 Å². The second-order valence-electron chi connectivity index (χ2n) is 6.79. The summed E-state index contributed by atoms with van der Waals surface area (Å²) in [4.78, 5) is 7.90. The minimum Gasteiger partial charge on any atom is -0.494 e. The molecule has 0 saturated carbocycles. The molecule has 3 aromatic rings. The summed E-state index contributed by atoms with van der Waals surface area (Å²) in [7, 11) is 0. The molecule has 164 valence electrons. The summed E-state index contributed by atoms with van der Waals surface area (Å²) in [5.74, 6) is 0.309. The van der Waals surface area contributed by atoms with Gasteiger partial charge in [-0.05, 0) is 65.4 Å². The number of nitrogens with one attached hydrogen (secondary N) is 2. The Morgan fingerprint density at radius 1 is 1.00 bits per heavy atom. The maximum absolute atomic E-state index is 13.5. The normalized spacial score (nSPS) is 11.3. The molecule has 0 bridgehead atoms. The van der Waals surface area contributed by atoms with E-state index in [2.05, 4.69) is 50.1 Å². The van der Waals surface area contributed by atoms with Gasteiger partial charge in [0.25, 0.3) is 0 Å². The Labute approximate surface area is 192 Å². The van der Waals surface area contributed by atoms with Crippen LogP contribution in [0.25, 0.3) is 0 Å². The molecule has 0 unspecified atom stereocenters. The second kappa shape index (κ2) is 10.7. The van der Waals surface area contributed by atoms with Crippen molar-refractivity contribution >= 4 is 45.7 Å². The summed E-state index contributed by atoms with van der Waals surface area (Å²) in [6.07, 6.45) is -0.763. The van der Waals surface area contributed by atoms with Crippen molar-refractivity contribution in [2.24, 2.45) is 0 Å². The van der Waals surface area contributed by atoms with Gasteiger partial charge in [0.2, 0.25) is 5.95 Å². The molecule has 2 aromatic carbocycles. The Kier molecular flexibility index (Phi) is 7.94. The lowest BCUT2D eigenvalue weighted by Crippen LogP contribution is -2.12. The molecule has 5 nitrogen and oxygen atoms in total. The zero-order valence-electron chi connectivity index (χ0n) is 16.8. The molecule has 0 radical (unpaired) electrons. The van der Waals surface area contributed by atoms with E-state index in [0.717, 1.165) is 29.0 Å². The fourth-order valence-corrected chi connectivity index (χ4v) is 3.11. The van der Waals surface area contributed by atoms with Crippen LogP contribution in [-0.2, 0) is 6.18 Å². The van der Waals surface area contributed by atoms with Crippen molar-refractivity contribution in [1.82, 2.24) is 9.97 Å². The number of anilines is 4. The summed E-state index contributed by atoms with van der Waals surface area (Å²) in [6, 6.07) is 14.1. The van der Waals surface area contributed by atoms with E-state index < -0.39 is 11.7 Å². The molecule has 1 heterocycles. The number of halogens is 4. The van der Waals surface area contributed by atoms with Crippen LogP contribution in [0, 0.1) is 3.57 Å². The quantitative estimate of drug-likeness (QED) is 0.222. The summed E-state index contributed by atoms with van der Waals surface area (Å²) in [5.41, 5.74) is 0.168. The highest BCUT2D eigenvalue weighted by Crippen LogP contribution is 2.35. The van der Waals surface area contributed by atoms with Crippen LogP contribution in [0.2, 0.25) is 0 Å². The lowest BCUT2D eigenvalue weighted by Gasteiger charge is -2.15. The topological polar surface area (TPSA) is 59.1 Å². The lowest BCUT2D eigenvalue weighted by molar-refractivity contribution is -0.137. The molecule has 9 heteroatoms. The summed E-state index contributed by atoms with van der Waals surface area (Å²) in [6.45, 7) is 2.66. The number of nitrogens with zero attached hydrogens (tertiary/aromatic N) is 2. The molecule has 0 saturated heterocycles. The molecule has 2 N–H and O–H groups in total. The molecule has 3 rings (SSSR count). The maximum Gasteiger partial charge on any atom is 0.421 e. The van der Waals surface area contributed by atoms with Gasteiger partial charge in [-0.1, -0.05) is 25.8 Å². The van der Waals surface area contributed by atoms with Gasteiger partial charge in [-0.3, -0.25) is 0 Å². The van der Waals surface area contributed by atoms with E-state index in [-0.39, 0.29) is 11.8 Å². The SMILES string of the molecule is CCCCCOc1cccc(Nc2nc(Nc3ccc(I)cc3)ncc2C(F)(F)F)c1. The van der Waals surface area contributed by atoms with E-state index >= 15 is 0 Å². The Morgan fingerprint density at radius 2 is 1.77 bits per heavy atom. The van der Waals surface area contributed by atoms with Crippen LogP contribution >= 0.6 is 22.6 Å². The van der Waals surface area contributed by atoms with Crippen LogP contribution in [0.15, 0.2) is 54.7 Å². The molecule has 31 heavy (non-hydrogen) atoms. The third kappa shape index (κ3) is 6.98. The number of rotatable bonds is 9. The highest BCUT2D eigenvalue weighted by Gasteiger charge is 2.35. The average Bonchev–Trinajstić information content (AvgIpc) is 2.73. The van der Waals surface area contributed by atoms with Gasteiger partial charge < -0.3 is 15.4 Å². The van der Waals surface area contributed by atoms with Crippen LogP contribution in [0.5, 0.6) is 5.75 Å². The van der Waals surface area contributed by atoms with Crippen molar-refractivity contribution in [2.75, 3.05) is 17.2 Å². The highest BCUT2D eigenvalue weighted by atomic mass is 127.